The molecule has 1 aromatic carbocycles. The Morgan fingerprint density at radius 3 is 2.27 bits per heavy atom. The van der Waals surface area contributed by atoms with E-state index in [9.17, 15) is 9.59 Å². The Hall–Kier alpha value is -1.75. The number of nitrogens with zero attached hydrogens (tertiary/aromatic N) is 1. The van der Waals surface area contributed by atoms with Crippen LogP contribution in [0.1, 0.15) is 31.4 Å². The van der Waals surface area contributed by atoms with Crippen LogP contribution in [0.15, 0.2) is 24.3 Å². The van der Waals surface area contributed by atoms with Gasteiger partial charge in [0.2, 0.25) is 5.91 Å². The van der Waals surface area contributed by atoms with E-state index in [1.807, 2.05) is 24.3 Å². The van der Waals surface area contributed by atoms with Gasteiger partial charge < -0.3 is 15.5 Å². The monoisotopic (exact) mass is 323 g/mol. The highest BCUT2D eigenvalue weighted by Crippen LogP contribution is 2.41. The molecule has 3 amide bonds. The molecule has 6 heteroatoms. The van der Waals surface area contributed by atoms with Gasteiger partial charge in [0.1, 0.15) is 6.04 Å². The minimum atomic E-state index is -0.555. The van der Waals surface area contributed by atoms with Crippen molar-refractivity contribution in [2.75, 3.05) is 14.1 Å². The molecule has 2 N–H and O–H groups in total. The predicted octanol–water partition coefficient (Wildman–Crippen LogP) is 2.57. The maximum absolute atomic E-state index is 12.1. The molecular weight excluding hydrogens is 302 g/mol. The third kappa shape index (κ3) is 4.37. The number of rotatable bonds is 5. The number of likely N-dealkylation sites (N-methyl/N-ethyl adjacent to an activating group) is 1. The highest BCUT2D eigenvalue weighted by atomic mass is 35.5. The first kappa shape index (κ1) is 16.6. The van der Waals surface area contributed by atoms with Crippen molar-refractivity contribution < 1.29 is 9.59 Å². The molecule has 5 nitrogen and oxygen atoms in total. The summed E-state index contributed by atoms with van der Waals surface area (Å²) in [4.78, 5) is 25.4. The van der Waals surface area contributed by atoms with Gasteiger partial charge in [-0.25, -0.2) is 4.79 Å². The van der Waals surface area contributed by atoms with E-state index in [1.165, 1.54) is 4.90 Å². The van der Waals surface area contributed by atoms with Crippen molar-refractivity contribution in [3.8, 4) is 0 Å². The largest absolute Gasteiger partial charge is 0.347 e. The SMILES string of the molecule is C[C@H](NC(=O)NC(c1ccc(Cl)cc1)C1CC1)C(=O)N(C)C. The van der Waals surface area contributed by atoms with Gasteiger partial charge in [-0.15, -0.1) is 0 Å². The zero-order chi connectivity index (χ0) is 16.3. The zero-order valence-corrected chi connectivity index (χ0v) is 13.9. The average molecular weight is 324 g/mol. The number of nitrogens with one attached hydrogen (secondary N) is 2. The molecule has 1 aromatic rings. The maximum atomic E-state index is 12.1. The van der Waals surface area contributed by atoms with Gasteiger partial charge in [-0.2, -0.15) is 0 Å². The quantitative estimate of drug-likeness (QED) is 0.875. The van der Waals surface area contributed by atoms with Crippen molar-refractivity contribution in [1.29, 1.82) is 0 Å². The fourth-order valence-electron chi connectivity index (χ4n) is 2.40. The van der Waals surface area contributed by atoms with E-state index < -0.39 is 6.04 Å². The molecule has 0 spiro atoms. The first-order chi connectivity index (χ1) is 10.4. The third-order valence-electron chi connectivity index (χ3n) is 3.77. The topological polar surface area (TPSA) is 61.4 Å². The van der Waals surface area contributed by atoms with Gasteiger partial charge in [-0.1, -0.05) is 23.7 Å². The highest BCUT2D eigenvalue weighted by molar-refractivity contribution is 6.30. The van der Waals surface area contributed by atoms with Crippen LogP contribution in [0.4, 0.5) is 4.79 Å². The highest BCUT2D eigenvalue weighted by Gasteiger charge is 2.33. The smallest absolute Gasteiger partial charge is 0.315 e. The molecule has 1 unspecified atom stereocenters. The lowest BCUT2D eigenvalue weighted by atomic mass is 10.0. The maximum Gasteiger partial charge on any atom is 0.315 e. The van der Waals surface area contributed by atoms with Crippen LogP contribution < -0.4 is 10.6 Å². The van der Waals surface area contributed by atoms with Gasteiger partial charge in [-0.3, -0.25) is 4.79 Å². The number of hydrogen-bond donors (Lipinski definition) is 2. The van der Waals surface area contributed by atoms with E-state index in [1.54, 1.807) is 21.0 Å². The van der Waals surface area contributed by atoms with Crippen molar-refractivity contribution in [3.05, 3.63) is 34.9 Å². The summed E-state index contributed by atoms with van der Waals surface area (Å²) in [5, 5.41) is 6.34. The first-order valence-electron chi connectivity index (χ1n) is 7.42. The second kappa shape index (κ2) is 7.01. The van der Waals surface area contributed by atoms with Crippen LogP contribution in [-0.4, -0.2) is 37.0 Å². The van der Waals surface area contributed by atoms with E-state index in [2.05, 4.69) is 10.6 Å². The number of carbonyl (C=O) groups excluding carboxylic acids is 2. The molecule has 1 aliphatic rings. The first-order valence-corrected chi connectivity index (χ1v) is 7.80. The Labute approximate surface area is 136 Å². The molecule has 22 heavy (non-hydrogen) atoms. The Kier molecular flexibility index (Phi) is 5.29. The fraction of sp³-hybridized carbons (Fsp3) is 0.500. The lowest BCUT2D eigenvalue weighted by Gasteiger charge is -2.22. The number of urea groups is 1. The van der Waals surface area contributed by atoms with Crippen molar-refractivity contribution in [1.82, 2.24) is 15.5 Å². The van der Waals surface area contributed by atoms with E-state index in [4.69, 9.17) is 11.6 Å². The van der Waals surface area contributed by atoms with Crippen molar-refractivity contribution >= 4 is 23.5 Å². The average Bonchev–Trinajstić information content (AvgIpc) is 3.29. The molecule has 0 radical (unpaired) electrons. The molecule has 120 valence electrons. The van der Waals surface area contributed by atoms with E-state index in [0.717, 1.165) is 18.4 Å². The minimum absolute atomic E-state index is 0.0427. The van der Waals surface area contributed by atoms with E-state index in [-0.39, 0.29) is 18.0 Å². The number of halogens is 1. The molecule has 0 heterocycles. The summed E-state index contributed by atoms with van der Waals surface area (Å²) in [6, 6.07) is 6.59. The minimum Gasteiger partial charge on any atom is -0.347 e. The third-order valence-corrected chi connectivity index (χ3v) is 4.02. The number of carbonyl (C=O) groups is 2. The Bertz CT molecular complexity index is 541. The summed E-state index contributed by atoms with van der Waals surface area (Å²) in [6.45, 7) is 1.68. The summed E-state index contributed by atoms with van der Waals surface area (Å²) in [5.74, 6) is 0.316. The van der Waals surface area contributed by atoms with Gasteiger partial charge in [0.05, 0.1) is 6.04 Å². The van der Waals surface area contributed by atoms with Crippen LogP contribution in [0.2, 0.25) is 5.02 Å². The predicted molar refractivity (Wildman–Crippen MR) is 86.7 cm³/mol. The fourth-order valence-corrected chi connectivity index (χ4v) is 2.53. The van der Waals surface area contributed by atoms with Crippen LogP contribution in [0.25, 0.3) is 0 Å². The molecule has 0 bridgehead atoms. The van der Waals surface area contributed by atoms with Gasteiger partial charge in [0, 0.05) is 19.1 Å². The molecule has 1 fully saturated rings. The lowest BCUT2D eigenvalue weighted by Crippen LogP contribution is -2.49. The molecule has 0 aromatic heterocycles. The summed E-state index contributed by atoms with van der Waals surface area (Å²) in [7, 11) is 3.33. The summed E-state index contributed by atoms with van der Waals surface area (Å²) in [6.07, 6.45) is 2.19. The van der Waals surface area contributed by atoms with Gasteiger partial charge in [-0.05, 0) is 43.4 Å². The van der Waals surface area contributed by atoms with Gasteiger partial charge in [0.25, 0.3) is 0 Å². The normalized spacial score (nSPS) is 16.5. The number of benzene rings is 1. The zero-order valence-electron chi connectivity index (χ0n) is 13.1. The van der Waals surface area contributed by atoms with E-state index in [0.29, 0.717) is 10.9 Å². The Morgan fingerprint density at radius 2 is 1.77 bits per heavy atom. The Morgan fingerprint density at radius 1 is 1.18 bits per heavy atom. The molecule has 0 aliphatic heterocycles. The molecule has 2 rings (SSSR count). The van der Waals surface area contributed by atoms with Crippen LogP contribution in [0.3, 0.4) is 0 Å². The van der Waals surface area contributed by atoms with Crippen LogP contribution >= 0.6 is 11.6 Å². The molecular formula is C16H22ClN3O2. The summed E-state index contributed by atoms with van der Waals surface area (Å²) < 4.78 is 0. The molecule has 1 saturated carbocycles. The number of hydrogen-bond acceptors (Lipinski definition) is 2. The molecule has 2 atom stereocenters. The molecule has 1 aliphatic carbocycles. The second-order valence-electron chi connectivity index (χ2n) is 5.94. The van der Waals surface area contributed by atoms with E-state index >= 15 is 0 Å². The summed E-state index contributed by atoms with van der Waals surface area (Å²) >= 11 is 5.91. The van der Waals surface area contributed by atoms with Crippen LogP contribution in [0.5, 0.6) is 0 Å². The Balaban J connectivity index is 1.98. The standard InChI is InChI=1S/C16H22ClN3O2/c1-10(15(21)20(2)3)18-16(22)19-14(11-4-5-11)12-6-8-13(17)9-7-12/h6-11,14H,4-5H2,1-3H3,(H2,18,19,22)/t10-,14?/m0/s1. The van der Waals surface area contributed by atoms with Crippen LogP contribution in [-0.2, 0) is 4.79 Å². The molecule has 0 saturated heterocycles. The second-order valence-corrected chi connectivity index (χ2v) is 6.38. The van der Waals surface area contributed by atoms with Crippen LogP contribution in [0, 0.1) is 5.92 Å². The van der Waals surface area contributed by atoms with Gasteiger partial charge in [0.15, 0.2) is 0 Å². The van der Waals surface area contributed by atoms with Crippen molar-refractivity contribution in [3.63, 3.8) is 0 Å². The van der Waals surface area contributed by atoms with Crippen molar-refractivity contribution in [2.24, 2.45) is 5.92 Å². The summed E-state index contributed by atoms with van der Waals surface area (Å²) in [5.41, 5.74) is 1.04. The van der Waals surface area contributed by atoms with Gasteiger partial charge >= 0.3 is 6.03 Å². The van der Waals surface area contributed by atoms with Crippen molar-refractivity contribution in [2.45, 2.75) is 31.8 Å². The lowest BCUT2D eigenvalue weighted by molar-refractivity contribution is -0.130. The number of amides is 3.